The largest absolute Gasteiger partial charge is 0.491 e. The minimum atomic E-state index is -3.38. The Hall–Kier alpha value is 0.0700. The predicted molar refractivity (Wildman–Crippen MR) is 57.3 cm³/mol. The van der Waals surface area contributed by atoms with Crippen LogP contribution in [0.5, 0.6) is 0 Å². The third-order valence-corrected chi connectivity index (χ3v) is 3.58. The molecule has 1 unspecified atom stereocenters. The van der Waals surface area contributed by atoms with E-state index in [1.165, 1.54) is 6.42 Å². The van der Waals surface area contributed by atoms with Crippen molar-refractivity contribution in [3.63, 3.8) is 0 Å². The van der Waals surface area contributed by atoms with Crippen LogP contribution in [-0.2, 0) is 18.2 Å². The molecule has 1 atom stereocenters. The van der Waals surface area contributed by atoms with Crippen LogP contribution in [-0.4, -0.2) is 19.3 Å². The van der Waals surface area contributed by atoms with Gasteiger partial charge in [-0.1, -0.05) is 13.3 Å². The summed E-state index contributed by atoms with van der Waals surface area (Å²) in [6.07, 6.45) is 4.08. The zero-order chi connectivity index (χ0) is 11.1. The normalized spacial score (nSPS) is 20.9. The molecule has 0 heterocycles. The topological polar surface area (TPSA) is 56.8 Å². The summed E-state index contributed by atoms with van der Waals surface area (Å²) in [6.45, 7) is 4.39. The van der Waals surface area contributed by atoms with Crippen molar-refractivity contribution in [2.75, 3.05) is 13.2 Å². The van der Waals surface area contributed by atoms with Crippen molar-refractivity contribution in [3.05, 3.63) is 0 Å². The van der Waals surface area contributed by atoms with Crippen molar-refractivity contribution in [3.8, 4) is 0 Å². The highest BCUT2D eigenvalue weighted by Crippen LogP contribution is 2.48. The van der Waals surface area contributed by atoms with E-state index in [4.69, 9.17) is 13.7 Å². The second-order valence-electron chi connectivity index (χ2n) is 3.54. The van der Waals surface area contributed by atoms with Crippen LogP contribution in [0.15, 0.2) is 0 Å². The van der Waals surface area contributed by atoms with Crippen molar-refractivity contribution < 1.29 is 18.2 Å². The maximum Gasteiger partial charge on any atom is 0.491 e. The molecule has 1 N–H and O–H groups in total. The number of phosphoric ester groups is 1. The molecule has 5 nitrogen and oxygen atoms in total. The van der Waals surface area contributed by atoms with E-state index in [2.05, 4.69) is 5.48 Å². The second-order valence-corrected chi connectivity index (χ2v) is 5.13. The Morgan fingerprint density at radius 3 is 2.53 bits per heavy atom. The molecule has 90 valence electrons. The quantitative estimate of drug-likeness (QED) is 0.519. The Kier molecular flexibility index (Phi) is 5.79. The molecular formula is C9H20NO4P. The van der Waals surface area contributed by atoms with E-state index in [1.807, 2.05) is 6.92 Å². The summed E-state index contributed by atoms with van der Waals surface area (Å²) in [5.74, 6) is 0. The van der Waals surface area contributed by atoms with Crippen LogP contribution in [0.3, 0.4) is 0 Å². The molecule has 1 fully saturated rings. The zero-order valence-electron chi connectivity index (χ0n) is 9.40. The first-order chi connectivity index (χ1) is 7.20. The summed E-state index contributed by atoms with van der Waals surface area (Å²) in [7, 11) is -3.38. The molecule has 0 spiro atoms. The van der Waals surface area contributed by atoms with Gasteiger partial charge in [-0.3, -0.25) is 9.05 Å². The van der Waals surface area contributed by atoms with Crippen molar-refractivity contribution >= 4 is 7.82 Å². The smallest absolute Gasteiger partial charge is 0.286 e. The first kappa shape index (κ1) is 13.1. The van der Waals surface area contributed by atoms with Crippen LogP contribution in [0.4, 0.5) is 0 Å². The van der Waals surface area contributed by atoms with Crippen LogP contribution < -0.4 is 5.48 Å². The van der Waals surface area contributed by atoms with E-state index in [0.717, 1.165) is 19.3 Å². The molecule has 0 aromatic heterocycles. The molecule has 0 amide bonds. The summed E-state index contributed by atoms with van der Waals surface area (Å²) in [6, 6.07) is 0.295. The highest BCUT2D eigenvalue weighted by atomic mass is 31.2. The summed E-state index contributed by atoms with van der Waals surface area (Å²) >= 11 is 0. The molecule has 0 aromatic rings. The number of phosphoric acid groups is 1. The van der Waals surface area contributed by atoms with Gasteiger partial charge < -0.3 is 0 Å². The van der Waals surface area contributed by atoms with Gasteiger partial charge in [0.15, 0.2) is 0 Å². The van der Waals surface area contributed by atoms with E-state index < -0.39 is 7.82 Å². The third-order valence-electron chi connectivity index (χ3n) is 2.18. The van der Waals surface area contributed by atoms with Crippen molar-refractivity contribution in [2.24, 2.45) is 0 Å². The van der Waals surface area contributed by atoms with Crippen LogP contribution in [0.2, 0.25) is 0 Å². The van der Waals surface area contributed by atoms with Crippen LogP contribution in [0.25, 0.3) is 0 Å². The van der Waals surface area contributed by atoms with Crippen molar-refractivity contribution in [1.82, 2.24) is 5.48 Å². The lowest BCUT2D eigenvalue weighted by molar-refractivity contribution is 0.0416. The second kappa shape index (κ2) is 6.61. The Morgan fingerprint density at radius 2 is 2.07 bits per heavy atom. The van der Waals surface area contributed by atoms with Crippen molar-refractivity contribution in [1.29, 1.82) is 0 Å². The number of rotatable bonds is 8. The van der Waals surface area contributed by atoms with Gasteiger partial charge >= 0.3 is 7.82 Å². The maximum atomic E-state index is 11.9. The van der Waals surface area contributed by atoms with Gasteiger partial charge in [-0.25, -0.2) is 4.57 Å². The molecule has 0 radical (unpaired) electrons. The molecule has 0 bridgehead atoms. The zero-order valence-corrected chi connectivity index (χ0v) is 10.3. The van der Waals surface area contributed by atoms with Gasteiger partial charge in [0.05, 0.1) is 13.2 Å². The lowest BCUT2D eigenvalue weighted by Gasteiger charge is -2.27. The predicted octanol–water partition coefficient (Wildman–Crippen LogP) is 2.63. The molecule has 0 aliphatic heterocycles. The molecule has 15 heavy (non-hydrogen) atoms. The van der Waals surface area contributed by atoms with E-state index in [9.17, 15) is 4.57 Å². The first-order valence-electron chi connectivity index (χ1n) is 5.53. The fourth-order valence-electron chi connectivity index (χ4n) is 1.12. The summed E-state index contributed by atoms with van der Waals surface area (Å²) < 4.78 is 27.0. The van der Waals surface area contributed by atoms with Gasteiger partial charge in [-0.2, -0.15) is 10.1 Å². The van der Waals surface area contributed by atoms with Gasteiger partial charge in [0.2, 0.25) is 0 Å². The Labute approximate surface area is 91.0 Å². The minimum Gasteiger partial charge on any atom is -0.286 e. The SMILES string of the molecule is CCCOP(=O)(OCC)ONC1CCC1. The fraction of sp³-hybridized carbons (Fsp3) is 1.00. The summed E-state index contributed by atoms with van der Waals surface area (Å²) in [4.78, 5) is 0. The Balaban J connectivity index is 2.29. The van der Waals surface area contributed by atoms with Crippen LogP contribution in [0, 0.1) is 0 Å². The molecular weight excluding hydrogens is 217 g/mol. The van der Waals surface area contributed by atoms with Gasteiger partial charge in [0, 0.05) is 6.04 Å². The van der Waals surface area contributed by atoms with Gasteiger partial charge in [-0.05, 0) is 26.2 Å². The Bertz CT molecular complexity index is 220. The average molecular weight is 237 g/mol. The molecule has 1 aliphatic carbocycles. The fourth-order valence-corrected chi connectivity index (χ4v) is 2.30. The standard InChI is InChI=1S/C9H20NO4P/c1-3-8-13-15(11,12-4-2)14-10-9-6-5-7-9/h9-10H,3-8H2,1-2H3. The molecule has 1 aliphatic rings. The van der Waals surface area contributed by atoms with E-state index >= 15 is 0 Å². The van der Waals surface area contributed by atoms with Gasteiger partial charge in [0.25, 0.3) is 0 Å². The highest BCUT2D eigenvalue weighted by Gasteiger charge is 2.29. The molecule has 0 saturated heterocycles. The summed E-state index contributed by atoms with van der Waals surface area (Å²) in [5.41, 5.74) is 2.74. The molecule has 0 aromatic carbocycles. The van der Waals surface area contributed by atoms with Crippen molar-refractivity contribution in [2.45, 2.75) is 45.6 Å². The maximum absolute atomic E-state index is 11.9. The molecule has 1 rings (SSSR count). The van der Waals surface area contributed by atoms with E-state index in [0.29, 0.717) is 19.3 Å². The summed E-state index contributed by atoms with van der Waals surface area (Å²) in [5, 5.41) is 0. The van der Waals surface area contributed by atoms with Crippen LogP contribution >= 0.6 is 7.82 Å². The third kappa shape index (κ3) is 4.62. The molecule has 1 saturated carbocycles. The first-order valence-corrected chi connectivity index (χ1v) is 6.99. The minimum absolute atomic E-state index is 0.295. The highest BCUT2D eigenvalue weighted by molar-refractivity contribution is 7.48. The lowest BCUT2D eigenvalue weighted by atomic mass is 9.94. The Morgan fingerprint density at radius 1 is 1.33 bits per heavy atom. The number of hydrogen-bond acceptors (Lipinski definition) is 5. The number of nitrogens with one attached hydrogen (secondary N) is 1. The van der Waals surface area contributed by atoms with E-state index in [1.54, 1.807) is 6.92 Å². The van der Waals surface area contributed by atoms with Gasteiger partial charge in [-0.15, -0.1) is 0 Å². The lowest BCUT2D eigenvalue weighted by Crippen LogP contribution is -2.34. The van der Waals surface area contributed by atoms with Gasteiger partial charge in [0.1, 0.15) is 0 Å². The molecule has 6 heteroatoms. The van der Waals surface area contributed by atoms with Crippen LogP contribution in [0.1, 0.15) is 39.5 Å². The monoisotopic (exact) mass is 237 g/mol. The number of hydroxylamine groups is 1. The number of hydrogen-bond donors (Lipinski definition) is 1. The van der Waals surface area contributed by atoms with E-state index in [-0.39, 0.29) is 0 Å². The average Bonchev–Trinajstić information content (AvgIpc) is 2.13.